The Morgan fingerprint density at radius 2 is 1.90 bits per heavy atom. The summed E-state index contributed by atoms with van der Waals surface area (Å²) in [4.78, 5) is 18.5. The number of aliphatic hydroxyl groups is 1. The normalized spacial score (nSPS) is 16.1. The molecule has 29 heavy (non-hydrogen) atoms. The summed E-state index contributed by atoms with van der Waals surface area (Å²) in [6.45, 7) is 0.517. The van der Waals surface area contributed by atoms with Crippen molar-refractivity contribution in [2.45, 2.75) is 6.10 Å². The molecule has 0 bridgehead atoms. The van der Waals surface area contributed by atoms with Gasteiger partial charge in [-0.1, -0.05) is 41.4 Å². The zero-order valence-electron chi connectivity index (χ0n) is 15.3. The van der Waals surface area contributed by atoms with E-state index in [9.17, 15) is 9.18 Å². The first-order valence-corrected chi connectivity index (χ1v) is 9.60. The maximum absolute atomic E-state index is 14.5. The lowest BCUT2D eigenvalue weighted by Gasteiger charge is -2.15. The van der Waals surface area contributed by atoms with Crippen molar-refractivity contribution in [3.05, 3.63) is 75.0 Å². The lowest BCUT2D eigenvalue weighted by Crippen LogP contribution is -2.30. The average Bonchev–Trinajstić information content (AvgIpc) is 3.13. The second-order valence-corrected chi connectivity index (χ2v) is 7.03. The molecule has 1 aliphatic heterocycles. The summed E-state index contributed by atoms with van der Waals surface area (Å²) in [7, 11) is 0. The molecule has 0 aliphatic carbocycles. The molecule has 2 aromatic carbocycles. The van der Waals surface area contributed by atoms with Crippen molar-refractivity contribution in [1.29, 1.82) is 0 Å². The van der Waals surface area contributed by atoms with Crippen LogP contribution >= 0.6 is 23.2 Å². The quantitative estimate of drug-likeness (QED) is 0.549. The fourth-order valence-corrected chi connectivity index (χ4v) is 3.14. The number of halogens is 3. The van der Waals surface area contributed by atoms with Crippen molar-refractivity contribution in [3.63, 3.8) is 0 Å². The van der Waals surface area contributed by atoms with E-state index < -0.39 is 17.8 Å². The highest BCUT2D eigenvalue weighted by molar-refractivity contribution is 6.30. The Morgan fingerprint density at radius 3 is 2.59 bits per heavy atom. The molecule has 0 radical (unpaired) electrons. The van der Waals surface area contributed by atoms with Crippen LogP contribution in [0.2, 0.25) is 10.0 Å². The molecule has 3 N–H and O–H groups in total. The Hall–Kier alpha value is -2.16. The zero-order chi connectivity index (χ0) is 20.8. The van der Waals surface area contributed by atoms with E-state index in [-0.39, 0.29) is 42.5 Å². The largest absolute Gasteiger partial charge is 0.394 e. The number of hydroxylamine groups is 1. The van der Waals surface area contributed by atoms with Gasteiger partial charge in [-0.05, 0) is 24.3 Å². The molecule has 0 saturated carbocycles. The topological polar surface area (TPSA) is 79.8 Å². The van der Waals surface area contributed by atoms with E-state index in [2.05, 4.69) is 10.8 Å². The molecule has 6 nitrogen and oxygen atoms in total. The number of nitrogens with one attached hydrogen (secondary N) is 2. The molecule has 1 aliphatic rings. The smallest absolute Gasteiger partial charge is 0.252 e. The number of benzene rings is 2. The van der Waals surface area contributed by atoms with E-state index in [1.54, 1.807) is 24.3 Å². The first-order chi connectivity index (χ1) is 14.0. The van der Waals surface area contributed by atoms with Gasteiger partial charge in [-0.3, -0.25) is 15.1 Å². The maximum atomic E-state index is 14.5. The highest BCUT2D eigenvalue weighted by atomic mass is 35.5. The van der Waals surface area contributed by atoms with Gasteiger partial charge in [0.05, 0.1) is 31.1 Å². The molecule has 1 atom stereocenters. The van der Waals surface area contributed by atoms with Crippen LogP contribution < -0.4 is 10.8 Å². The number of carbonyl (C=O) groups is 1. The van der Waals surface area contributed by atoms with Crippen LogP contribution in [0.3, 0.4) is 0 Å². The first kappa shape index (κ1) is 21.5. The highest BCUT2D eigenvalue weighted by Crippen LogP contribution is 2.37. The van der Waals surface area contributed by atoms with Gasteiger partial charge < -0.3 is 15.2 Å². The van der Waals surface area contributed by atoms with Crippen LogP contribution in [0.5, 0.6) is 0 Å². The Kier molecular flexibility index (Phi) is 7.46. The van der Waals surface area contributed by atoms with Crippen molar-refractivity contribution >= 4 is 34.8 Å². The molecule has 0 fully saturated rings. The Balaban J connectivity index is 1.91. The number of aliphatic hydroxyl groups excluding tert-OH is 1. The monoisotopic (exact) mass is 440 g/mol. The number of ether oxygens (including phenoxy) is 1. The fraction of sp³-hybridized carbons (Fsp3) is 0.250. The molecule has 1 amide bonds. The molecular formula is C20H19Cl2FN2O4. The summed E-state index contributed by atoms with van der Waals surface area (Å²) < 4.78 is 19.7. The lowest BCUT2D eigenvalue weighted by molar-refractivity contribution is -0.118. The second kappa shape index (κ2) is 10.0. The van der Waals surface area contributed by atoms with Gasteiger partial charge in [0.2, 0.25) is 0 Å². The van der Waals surface area contributed by atoms with Crippen molar-refractivity contribution in [2.75, 3.05) is 26.4 Å². The Morgan fingerprint density at radius 1 is 1.17 bits per heavy atom. The van der Waals surface area contributed by atoms with E-state index >= 15 is 0 Å². The number of hydrogen-bond donors (Lipinski definition) is 3. The van der Waals surface area contributed by atoms with Gasteiger partial charge in [0.1, 0.15) is 11.9 Å². The molecule has 0 aromatic heterocycles. The third-order valence-corrected chi connectivity index (χ3v) is 4.69. The van der Waals surface area contributed by atoms with Gasteiger partial charge in [-0.2, -0.15) is 0 Å². The van der Waals surface area contributed by atoms with E-state index in [1.165, 1.54) is 18.2 Å². The number of rotatable bonds is 8. The van der Waals surface area contributed by atoms with Gasteiger partial charge in [0, 0.05) is 27.7 Å². The summed E-state index contributed by atoms with van der Waals surface area (Å²) in [5.74, 6) is -1.02. The standard InChI is InChI=1S/C20H19Cl2FN2O4/c21-13-3-1-12(2-4-13)18-17(20(27)24-7-9-28-10-8-26)19(29-25-18)15-6-5-14(22)11-16(15)23/h1-6,11,19,25-26H,7-10H2,(H,24,27)/t19-/m0/s1. The number of amides is 1. The summed E-state index contributed by atoms with van der Waals surface area (Å²) in [6.07, 6.45) is -0.976. The third-order valence-electron chi connectivity index (χ3n) is 4.20. The fourth-order valence-electron chi connectivity index (χ4n) is 2.86. The SMILES string of the molecule is O=C(NCCOCCO)C1=C(c2ccc(Cl)cc2)NO[C@H]1c1ccc(Cl)cc1F. The van der Waals surface area contributed by atoms with Crippen molar-refractivity contribution in [2.24, 2.45) is 0 Å². The zero-order valence-corrected chi connectivity index (χ0v) is 16.8. The summed E-state index contributed by atoms with van der Waals surface area (Å²) in [6, 6.07) is 11.0. The van der Waals surface area contributed by atoms with Gasteiger partial charge in [0.25, 0.3) is 5.91 Å². The van der Waals surface area contributed by atoms with E-state index in [0.717, 1.165) is 0 Å². The Bertz CT molecular complexity index is 906. The number of carbonyl (C=O) groups excluding carboxylic acids is 1. The van der Waals surface area contributed by atoms with Gasteiger partial charge in [0.15, 0.2) is 0 Å². The van der Waals surface area contributed by atoms with Crippen molar-refractivity contribution in [3.8, 4) is 0 Å². The van der Waals surface area contributed by atoms with Crippen molar-refractivity contribution < 1.29 is 23.9 Å². The second-order valence-electron chi connectivity index (χ2n) is 6.15. The van der Waals surface area contributed by atoms with Crippen LogP contribution in [0, 0.1) is 5.82 Å². The third kappa shape index (κ3) is 5.26. The summed E-state index contributed by atoms with van der Waals surface area (Å²) >= 11 is 11.8. The van der Waals surface area contributed by atoms with Crippen LogP contribution in [0.1, 0.15) is 17.2 Å². The van der Waals surface area contributed by atoms with Gasteiger partial charge in [-0.15, -0.1) is 0 Å². The molecule has 0 spiro atoms. The minimum Gasteiger partial charge on any atom is -0.394 e. The lowest BCUT2D eigenvalue weighted by atomic mass is 9.96. The molecule has 0 saturated heterocycles. The van der Waals surface area contributed by atoms with Crippen LogP contribution in [0.15, 0.2) is 48.0 Å². The van der Waals surface area contributed by atoms with Gasteiger partial charge >= 0.3 is 0 Å². The summed E-state index contributed by atoms with van der Waals surface area (Å²) in [5.41, 5.74) is 4.20. The van der Waals surface area contributed by atoms with Crippen LogP contribution in [0.25, 0.3) is 5.70 Å². The maximum Gasteiger partial charge on any atom is 0.252 e. The first-order valence-electron chi connectivity index (χ1n) is 8.84. The van der Waals surface area contributed by atoms with Crippen LogP contribution in [-0.2, 0) is 14.4 Å². The van der Waals surface area contributed by atoms with E-state index in [4.69, 9.17) is 37.9 Å². The van der Waals surface area contributed by atoms with Gasteiger partial charge in [-0.25, -0.2) is 4.39 Å². The minimum atomic E-state index is -0.976. The molecule has 2 aromatic rings. The Labute approximate surface area is 177 Å². The average molecular weight is 441 g/mol. The number of hydrogen-bond acceptors (Lipinski definition) is 5. The van der Waals surface area contributed by atoms with Crippen LogP contribution in [0.4, 0.5) is 4.39 Å². The minimum absolute atomic E-state index is 0.102. The predicted molar refractivity (Wildman–Crippen MR) is 108 cm³/mol. The molecule has 0 unspecified atom stereocenters. The molecule has 154 valence electrons. The molecule has 3 rings (SSSR count). The van der Waals surface area contributed by atoms with E-state index in [0.29, 0.717) is 16.3 Å². The highest BCUT2D eigenvalue weighted by Gasteiger charge is 2.35. The van der Waals surface area contributed by atoms with Crippen LogP contribution in [-0.4, -0.2) is 37.4 Å². The predicted octanol–water partition coefficient (Wildman–Crippen LogP) is 3.24. The molecule has 9 heteroatoms. The van der Waals surface area contributed by atoms with E-state index in [1.807, 2.05) is 0 Å². The molecule has 1 heterocycles. The van der Waals surface area contributed by atoms with Crippen molar-refractivity contribution in [1.82, 2.24) is 10.8 Å². The summed E-state index contributed by atoms with van der Waals surface area (Å²) in [5, 5.41) is 12.2. The molecular weight excluding hydrogens is 422 g/mol.